The molecule has 0 saturated heterocycles. The van der Waals surface area contributed by atoms with E-state index in [2.05, 4.69) is 52.2 Å². The van der Waals surface area contributed by atoms with Crippen LogP contribution in [0.2, 0.25) is 0 Å². The monoisotopic (exact) mass is 323 g/mol. The first-order valence-electron chi connectivity index (χ1n) is 6.15. The zero-order chi connectivity index (χ0) is 13.8. The number of benzene rings is 1. The van der Waals surface area contributed by atoms with Gasteiger partial charge in [-0.3, -0.25) is 4.68 Å². The highest BCUT2D eigenvalue weighted by molar-refractivity contribution is 9.10. The fraction of sp³-hybridized carbons (Fsp3) is 0.357. The summed E-state index contributed by atoms with van der Waals surface area (Å²) in [5.74, 6) is 0. The molecule has 0 fully saturated rings. The van der Waals surface area contributed by atoms with E-state index in [9.17, 15) is 0 Å². The van der Waals surface area contributed by atoms with Crippen LogP contribution in [0.25, 0.3) is 0 Å². The lowest BCUT2D eigenvalue weighted by Gasteiger charge is -2.15. The molecule has 4 nitrogen and oxygen atoms in total. The Balaban J connectivity index is 2.29. The van der Waals surface area contributed by atoms with Crippen molar-refractivity contribution in [2.75, 3.05) is 13.7 Å². The minimum Gasteiger partial charge on any atom is -0.383 e. The van der Waals surface area contributed by atoms with Gasteiger partial charge in [-0.15, -0.1) is 0 Å². The Kier molecular flexibility index (Phi) is 4.74. The fourth-order valence-electron chi connectivity index (χ4n) is 1.97. The molecule has 0 aliphatic rings. The summed E-state index contributed by atoms with van der Waals surface area (Å²) < 4.78 is 7.91. The van der Waals surface area contributed by atoms with Gasteiger partial charge in [-0.05, 0) is 28.4 Å². The second kappa shape index (κ2) is 6.32. The summed E-state index contributed by atoms with van der Waals surface area (Å²) in [7, 11) is 1.68. The fourth-order valence-corrected chi connectivity index (χ4v) is 2.51. The Morgan fingerprint density at radius 2 is 2.05 bits per heavy atom. The zero-order valence-electron chi connectivity index (χ0n) is 11.1. The number of nitrogens with two attached hydrogens (primary N) is 1. The summed E-state index contributed by atoms with van der Waals surface area (Å²) in [5, 5.41) is 4.33. The summed E-state index contributed by atoms with van der Waals surface area (Å²) in [6.07, 6.45) is 1.78. The van der Waals surface area contributed by atoms with Gasteiger partial charge in [0.25, 0.3) is 0 Å². The molecule has 0 saturated carbocycles. The molecule has 1 aromatic heterocycles. The lowest BCUT2D eigenvalue weighted by molar-refractivity contribution is 0.182. The van der Waals surface area contributed by atoms with E-state index in [0.29, 0.717) is 13.2 Å². The average Bonchev–Trinajstić information content (AvgIpc) is 2.77. The molecule has 102 valence electrons. The molecule has 5 heteroatoms. The van der Waals surface area contributed by atoms with Crippen LogP contribution in [-0.4, -0.2) is 23.5 Å². The van der Waals surface area contributed by atoms with Gasteiger partial charge in [0.1, 0.15) is 0 Å². The Morgan fingerprint density at radius 3 is 2.68 bits per heavy atom. The Bertz CT molecular complexity index is 536. The van der Waals surface area contributed by atoms with Crippen molar-refractivity contribution in [1.82, 2.24) is 9.78 Å². The van der Waals surface area contributed by atoms with Gasteiger partial charge in [0.15, 0.2) is 0 Å². The predicted octanol–water partition coefficient (Wildman–Crippen LogP) is 2.65. The van der Waals surface area contributed by atoms with E-state index < -0.39 is 0 Å². The van der Waals surface area contributed by atoms with E-state index in [4.69, 9.17) is 10.5 Å². The third-order valence-corrected chi connectivity index (χ3v) is 3.68. The molecule has 2 N–H and O–H groups in total. The van der Waals surface area contributed by atoms with Crippen LogP contribution < -0.4 is 5.73 Å². The molecule has 0 aliphatic heterocycles. The smallest absolute Gasteiger partial charge is 0.0739 e. The molecular weight excluding hydrogens is 306 g/mol. The van der Waals surface area contributed by atoms with Crippen molar-refractivity contribution < 1.29 is 4.74 Å². The van der Waals surface area contributed by atoms with Gasteiger partial charge in [-0.2, -0.15) is 5.10 Å². The maximum Gasteiger partial charge on any atom is 0.0739 e. The van der Waals surface area contributed by atoms with Crippen molar-refractivity contribution in [2.45, 2.75) is 19.5 Å². The first kappa shape index (κ1) is 14.2. The van der Waals surface area contributed by atoms with Crippen molar-refractivity contribution in [2.24, 2.45) is 5.73 Å². The van der Waals surface area contributed by atoms with Gasteiger partial charge in [0.05, 0.1) is 35.6 Å². The van der Waals surface area contributed by atoms with E-state index in [1.165, 1.54) is 5.56 Å². The van der Waals surface area contributed by atoms with Gasteiger partial charge in [-0.25, -0.2) is 0 Å². The zero-order valence-corrected chi connectivity index (χ0v) is 12.7. The van der Waals surface area contributed by atoms with E-state index in [1.807, 2.05) is 4.68 Å². The third-order valence-electron chi connectivity index (χ3n) is 3.07. The highest BCUT2D eigenvalue weighted by Crippen LogP contribution is 2.26. The third kappa shape index (κ3) is 3.23. The van der Waals surface area contributed by atoms with Crippen molar-refractivity contribution in [3.63, 3.8) is 0 Å². The molecule has 0 bridgehead atoms. The lowest BCUT2D eigenvalue weighted by atomic mass is 10.0. The van der Waals surface area contributed by atoms with Crippen LogP contribution in [0.5, 0.6) is 0 Å². The number of hydrogen-bond donors (Lipinski definition) is 1. The summed E-state index contributed by atoms with van der Waals surface area (Å²) in [6, 6.07) is 8.05. The maximum atomic E-state index is 6.35. The molecule has 1 atom stereocenters. The summed E-state index contributed by atoms with van der Waals surface area (Å²) in [6.45, 7) is 3.37. The topological polar surface area (TPSA) is 53.1 Å². The highest BCUT2D eigenvalue weighted by Gasteiger charge is 2.18. The van der Waals surface area contributed by atoms with Gasteiger partial charge in [-0.1, -0.05) is 29.8 Å². The molecule has 1 heterocycles. The number of aromatic nitrogens is 2. The molecule has 0 aliphatic carbocycles. The Hall–Kier alpha value is -1.17. The molecular formula is C14H18BrN3O. The minimum atomic E-state index is -0.200. The van der Waals surface area contributed by atoms with Crippen LogP contribution in [0.4, 0.5) is 0 Å². The van der Waals surface area contributed by atoms with Crippen molar-refractivity contribution >= 4 is 15.9 Å². The van der Waals surface area contributed by atoms with Gasteiger partial charge < -0.3 is 10.5 Å². The molecule has 0 spiro atoms. The number of methoxy groups -OCH3 is 1. The predicted molar refractivity (Wildman–Crippen MR) is 79.0 cm³/mol. The van der Waals surface area contributed by atoms with Crippen molar-refractivity contribution in [3.8, 4) is 0 Å². The number of rotatable bonds is 5. The quantitative estimate of drug-likeness (QED) is 0.920. The summed E-state index contributed by atoms with van der Waals surface area (Å²) in [5.41, 5.74) is 9.63. The van der Waals surface area contributed by atoms with Gasteiger partial charge in [0, 0.05) is 7.11 Å². The van der Waals surface area contributed by atoms with E-state index in [1.54, 1.807) is 13.3 Å². The Morgan fingerprint density at radius 1 is 1.37 bits per heavy atom. The van der Waals surface area contributed by atoms with Crippen LogP contribution in [0.15, 0.2) is 34.9 Å². The lowest BCUT2D eigenvalue weighted by Crippen LogP contribution is -2.19. The van der Waals surface area contributed by atoms with Crippen molar-refractivity contribution in [1.29, 1.82) is 0 Å². The van der Waals surface area contributed by atoms with Crippen LogP contribution in [0.1, 0.15) is 22.9 Å². The first-order valence-corrected chi connectivity index (χ1v) is 6.95. The summed E-state index contributed by atoms with van der Waals surface area (Å²) in [4.78, 5) is 0. The second-order valence-electron chi connectivity index (χ2n) is 4.48. The molecule has 1 aromatic carbocycles. The molecule has 0 amide bonds. The highest BCUT2D eigenvalue weighted by atomic mass is 79.9. The SMILES string of the molecule is COCCn1ncc(Br)c1C(N)c1ccc(C)cc1. The minimum absolute atomic E-state index is 0.200. The largest absolute Gasteiger partial charge is 0.383 e. The van der Waals surface area contributed by atoms with Gasteiger partial charge in [0.2, 0.25) is 0 Å². The number of ether oxygens (including phenoxy) is 1. The van der Waals surface area contributed by atoms with E-state index in [0.717, 1.165) is 15.7 Å². The van der Waals surface area contributed by atoms with Crippen LogP contribution in [0.3, 0.4) is 0 Å². The maximum absolute atomic E-state index is 6.35. The Labute approximate surface area is 121 Å². The first-order chi connectivity index (χ1) is 9.13. The van der Waals surface area contributed by atoms with E-state index in [-0.39, 0.29) is 6.04 Å². The standard InChI is InChI=1S/C14H18BrN3O/c1-10-3-5-11(6-4-10)13(16)14-12(15)9-17-18(14)7-8-19-2/h3-6,9,13H,7-8,16H2,1-2H3. The normalized spacial score (nSPS) is 12.6. The molecule has 2 aromatic rings. The molecule has 1 unspecified atom stereocenters. The molecule has 0 radical (unpaired) electrons. The van der Waals surface area contributed by atoms with Crippen LogP contribution in [0, 0.1) is 6.92 Å². The molecule has 19 heavy (non-hydrogen) atoms. The van der Waals surface area contributed by atoms with Crippen molar-refractivity contribution in [3.05, 3.63) is 51.8 Å². The van der Waals surface area contributed by atoms with E-state index >= 15 is 0 Å². The van der Waals surface area contributed by atoms with Crippen LogP contribution in [-0.2, 0) is 11.3 Å². The second-order valence-corrected chi connectivity index (χ2v) is 5.34. The van der Waals surface area contributed by atoms with Gasteiger partial charge >= 0.3 is 0 Å². The number of halogens is 1. The average molecular weight is 324 g/mol. The number of nitrogens with zero attached hydrogens (tertiary/aromatic N) is 2. The number of aryl methyl sites for hydroxylation is 1. The molecule has 2 rings (SSSR count). The van der Waals surface area contributed by atoms with Crippen LogP contribution >= 0.6 is 15.9 Å². The number of hydrogen-bond acceptors (Lipinski definition) is 3. The summed E-state index contributed by atoms with van der Waals surface area (Å²) >= 11 is 3.52.